The fraction of sp³-hybridized carbons (Fsp3) is 0.364. The molecular weight excluding hydrogens is 210 g/mol. The van der Waals surface area contributed by atoms with Gasteiger partial charge in [-0.05, 0) is 30.2 Å². The highest BCUT2D eigenvalue weighted by molar-refractivity contribution is 5.70. The van der Waals surface area contributed by atoms with E-state index in [1.54, 1.807) is 25.3 Å². The molecule has 0 spiro atoms. The number of hydrogen-bond donors (Lipinski definition) is 2. The van der Waals surface area contributed by atoms with E-state index in [2.05, 4.69) is 10.2 Å². The Bertz CT molecular complexity index is 365. The first-order valence-corrected chi connectivity index (χ1v) is 4.85. The van der Waals surface area contributed by atoms with Crippen molar-refractivity contribution in [2.24, 2.45) is 0 Å². The van der Waals surface area contributed by atoms with E-state index in [4.69, 9.17) is 9.94 Å². The van der Waals surface area contributed by atoms with E-state index in [0.29, 0.717) is 17.9 Å². The van der Waals surface area contributed by atoms with Crippen molar-refractivity contribution >= 4 is 11.7 Å². The molecule has 0 aliphatic carbocycles. The van der Waals surface area contributed by atoms with E-state index in [1.165, 1.54) is 7.11 Å². The van der Waals surface area contributed by atoms with Crippen LogP contribution < -0.4 is 10.2 Å². The second-order valence-corrected chi connectivity index (χ2v) is 3.21. The van der Waals surface area contributed by atoms with Gasteiger partial charge in [-0.1, -0.05) is 0 Å². The largest absolute Gasteiger partial charge is 0.497 e. The highest BCUT2D eigenvalue weighted by atomic mass is 16.5. The second-order valence-electron chi connectivity index (χ2n) is 3.21. The molecule has 0 heterocycles. The number of ether oxygens (including phenoxy) is 2. The first-order valence-electron chi connectivity index (χ1n) is 4.85. The maximum absolute atomic E-state index is 11.0. The van der Waals surface area contributed by atoms with Crippen LogP contribution in [0.2, 0.25) is 0 Å². The molecule has 1 rings (SSSR count). The summed E-state index contributed by atoms with van der Waals surface area (Å²) in [6.45, 7) is 0. The molecule has 0 unspecified atom stereocenters. The molecule has 2 N–H and O–H groups in total. The Morgan fingerprint density at radius 2 is 2.19 bits per heavy atom. The molecule has 1 aromatic carbocycles. The number of hydrogen-bond acceptors (Lipinski definition) is 5. The number of nitrogens with one attached hydrogen (secondary N) is 1. The summed E-state index contributed by atoms with van der Waals surface area (Å²) in [5.41, 5.74) is 3.44. The average Bonchev–Trinajstić information content (AvgIpc) is 2.35. The first kappa shape index (κ1) is 12.3. The predicted molar refractivity (Wildman–Crippen MR) is 58.7 cm³/mol. The van der Waals surface area contributed by atoms with E-state index >= 15 is 0 Å². The third-order valence-electron chi connectivity index (χ3n) is 2.26. The maximum Gasteiger partial charge on any atom is 0.305 e. The lowest BCUT2D eigenvalue weighted by Gasteiger charge is -2.09. The van der Waals surface area contributed by atoms with E-state index in [9.17, 15) is 4.79 Å². The lowest BCUT2D eigenvalue weighted by atomic mass is 10.1. The van der Waals surface area contributed by atoms with Gasteiger partial charge in [0.05, 0.1) is 19.9 Å². The van der Waals surface area contributed by atoms with Gasteiger partial charge in [-0.25, -0.2) is 0 Å². The smallest absolute Gasteiger partial charge is 0.305 e. The number of esters is 1. The van der Waals surface area contributed by atoms with Crippen LogP contribution in [0, 0.1) is 0 Å². The Hall–Kier alpha value is -1.75. The molecule has 0 aliphatic heterocycles. The van der Waals surface area contributed by atoms with Gasteiger partial charge in [0, 0.05) is 6.42 Å². The third kappa shape index (κ3) is 3.13. The SMILES string of the molecule is COC(=O)CCc1cc(OC)ccc1NO. The number of carbonyl (C=O) groups excluding carboxylic acids is 1. The monoisotopic (exact) mass is 225 g/mol. The molecule has 0 saturated carbocycles. The topological polar surface area (TPSA) is 67.8 Å². The Kier molecular flexibility index (Phi) is 4.60. The molecule has 0 saturated heterocycles. The van der Waals surface area contributed by atoms with Crippen LogP contribution in [0.1, 0.15) is 12.0 Å². The zero-order chi connectivity index (χ0) is 12.0. The van der Waals surface area contributed by atoms with Crippen molar-refractivity contribution in [2.45, 2.75) is 12.8 Å². The molecular formula is C11H15NO4. The molecule has 0 aromatic heterocycles. The van der Waals surface area contributed by atoms with Crippen LogP contribution in [0.3, 0.4) is 0 Å². The van der Waals surface area contributed by atoms with Gasteiger partial charge in [-0.15, -0.1) is 0 Å². The van der Waals surface area contributed by atoms with Crippen molar-refractivity contribution < 1.29 is 19.5 Å². The summed E-state index contributed by atoms with van der Waals surface area (Å²) in [4.78, 5) is 11.0. The minimum absolute atomic E-state index is 0.262. The minimum Gasteiger partial charge on any atom is -0.497 e. The molecule has 0 amide bonds. The summed E-state index contributed by atoms with van der Waals surface area (Å²) < 4.78 is 9.61. The number of anilines is 1. The van der Waals surface area contributed by atoms with Gasteiger partial charge >= 0.3 is 5.97 Å². The van der Waals surface area contributed by atoms with Gasteiger partial charge in [0.25, 0.3) is 0 Å². The van der Waals surface area contributed by atoms with Crippen molar-refractivity contribution in [3.05, 3.63) is 23.8 Å². The number of aryl methyl sites for hydroxylation is 1. The lowest BCUT2D eigenvalue weighted by molar-refractivity contribution is -0.140. The van der Waals surface area contributed by atoms with Crippen LogP contribution in [0.15, 0.2) is 18.2 Å². The summed E-state index contributed by atoms with van der Waals surface area (Å²) in [7, 11) is 2.91. The highest BCUT2D eigenvalue weighted by Gasteiger charge is 2.07. The van der Waals surface area contributed by atoms with E-state index in [0.717, 1.165) is 5.56 Å². The fourth-order valence-electron chi connectivity index (χ4n) is 1.35. The molecule has 16 heavy (non-hydrogen) atoms. The van der Waals surface area contributed by atoms with Crippen molar-refractivity contribution in [1.82, 2.24) is 0 Å². The van der Waals surface area contributed by atoms with Crippen LogP contribution in [-0.4, -0.2) is 25.4 Å². The Morgan fingerprint density at radius 1 is 1.44 bits per heavy atom. The standard InChI is InChI=1S/C11H15NO4/c1-15-9-4-5-10(12-14)8(7-9)3-6-11(13)16-2/h4-5,7,12,14H,3,6H2,1-2H3. The molecule has 0 atom stereocenters. The maximum atomic E-state index is 11.0. The van der Waals surface area contributed by atoms with Gasteiger partial charge in [-0.3, -0.25) is 15.5 Å². The lowest BCUT2D eigenvalue weighted by Crippen LogP contribution is -2.04. The van der Waals surface area contributed by atoms with Crippen LogP contribution >= 0.6 is 0 Å². The van der Waals surface area contributed by atoms with Crippen molar-refractivity contribution in [2.75, 3.05) is 19.7 Å². The number of methoxy groups -OCH3 is 2. The van der Waals surface area contributed by atoms with Crippen LogP contribution in [-0.2, 0) is 16.0 Å². The van der Waals surface area contributed by atoms with Gasteiger partial charge in [0.15, 0.2) is 0 Å². The number of rotatable bonds is 5. The van der Waals surface area contributed by atoms with Crippen molar-refractivity contribution in [1.29, 1.82) is 0 Å². The summed E-state index contributed by atoms with van der Waals surface area (Å²) in [6.07, 6.45) is 0.741. The molecule has 0 fully saturated rings. The number of benzene rings is 1. The fourth-order valence-corrected chi connectivity index (χ4v) is 1.35. The van der Waals surface area contributed by atoms with Gasteiger partial charge < -0.3 is 9.47 Å². The summed E-state index contributed by atoms with van der Waals surface area (Å²) in [5, 5.41) is 8.90. The van der Waals surface area contributed by atoms with E-state index < -0.39 is 0 Å². The van der Waals surface area contributed by atoms with Gasteiger partial charge in [0.2, 0.25) is 0 Å². The normalized spacial score (nSPS) is 9.69. The zero-order valence-electron chi connectivity index (χ0n) is 9.32. The molecule has 1 aromatic rings. The number of carbonyl (C=O) groups is 1. The van der Waals surface area contributed by atoms with Crippen LogP contribution in [0.25, 0.3) is 0 Å². The first-order chi connectivity index (χ1) is 7.71. The molecule has 0 bridgehead atoms. The molecule has 88 valence electrons. The van der Waals surface area contributed by atoms with E-state index in [-0.39, 0.29) is 12.4 Å². The van der Waals surface area contributed by atoms with Gasteiger partial charge in [-0.2, -0.15) is 0 Å². The molecule has 0 radical (unpaired) electrons. The average molecular weight is 225 g/mol. The predicted octanol–water partition coefficient (Wildman–Crippen LogP) is 1.60. The highest BCUT2D eigenvalue weighted by Crippen LogP contribution is 2.22. The third-order valence-corrected chi connectivity index (χ3v) is 2.26. The molecule has 0 aliphatic rings. The van der Waals surface area contributed by atoms with E-state index in [1.807, 2.05) is 0 Å². The second kappa shape index (κ2) is 5.97. The van der Waals surface area contributed by atoms with Gasteiger partial charge in [0.1, 0.15) is 5.75 Å². The molecule has 5 heteroatoms. The Morgan fingerprint density at radius 3 is 2.75 bits per heavy atom. The summed E-state index contributed by atoms with van der Waals surface area (Å²) in [5.74, 6) is 0.394. The quantitative estimate of drug-likeness (QED) is 0.588. The Labute approximate surface area is 93.9 Å². The van der Waals surface area contributed by atoms with Crippen LogP contribution in [0.4, 0.5) is 5.69 Å². The Balaban J connectivity index is 2.78. The van der Waals surface area contributed by atoms with Crippen LogP contribution in [0.5, 0.6) is 5.75 Å². The summed E-state index contributed by atoms with van der Waals surface area (Å²) in [6, 6.07) is 5.17. The molecule has 5 nitrogen and oxygen atoms in total. The zero-order valence-corrected chi connectivity index (χ0v) is 9.32. The minimum atomic E-state index is -0.285. The van der Waals surface area contributed by atoms with Crippen molar-refractivity contribution in [3.8, 4) is 5.75 Å². The summed E-state index contributed by atoms with van der Waals surface area (Å²) >= 11 is 0. The van der Waals surface area contributed by atoms with Crippen molar-refractivity contribution in [3.63, 3.8) is 0 Å².